The molecule has 4 heterocycles. The molecule has 0 spiro atoms. The van der Waals surface area contributed by atoms with Gasteiger partial charge in [-0.15, -0.1) is 0 Å². The van der Waals surface area contributed by atoms with Crippen LogP contribution >= 0.6 is 0 Å². The second kappa shape index (κ2) is 14.2. The molecule has 10 nitrogen and oxygen atoms in total. The number of carbonyl (C=O) groups excluding carboxylic acids is 2. The number of esters is 2. The average Bonchev–Trinajstić information content (AvgIpc) is 3.72. The summed E-state index contributed by atoms with van der Waals surface area (Å²) in [5.41, 5.74) is 9.43. The van der Waals surface area contributed by atoms with Gasteiger partial charge in [0.05, 0.1) is 60.5 Å². The lowest BCUT2D eigenvalue weighted by molar-refractivity contribution is 0.0470. The lowest BCUT2D eigenvalue weighted by atomic mass is 10.0. The summed E-state index contributed by atoms with van der Waals surface area (Å²) in [7, 11) is 0. The lowest BCUT2D eigenvalue weighted by Crippen LogP contribution is -2.12. The number of ether oxygens (including phenoxy) is 2. The molecular formula is C41H34N6O4. The highest BCUT2D eigenvalue weighted by Crippen LogP contribution is 2.28. The van der Waals surface area contributed by atoms with Crippen LogP contribution in [0.25, 0.3) is 11.4 Å². The number of unbranched alkanes of at least 4 members (excludes halogenated alkanes) is 2. The Hall–Kier alpha value is -6.42. The van der Waals surface area contributed by atoms with Crippen LogP contribution < -0.4 is 0 Å². The van der Waals surface area contributed by atoms with E-state index in [-0.39, 0.29) is 24.6 Å². The molecule has 0 N–H and O–H groups in total. The third-order valence-electron chi connectivity index (χ3n) is 9.08. The van der Waals surface area contributed by atoms with Crippen molar-refractivity contribution in [3.05, 3.63) is 167 Å². The van der Waals surface area contributed by atoms with E-state index in [9.17, 15) is 9.59 Å². The Morgan fingerprint density at radius 1 is 0.529 bits per heavy atom. The van der Waals surface area contributed by atoms with Gasteiger partial charge in [0.25, 0.3) is 0 Å². The molecule has 0 aliphatic carbocycles. The van der Waals surface area contributed by atoms with Crippen molar-refractivity contribution in [2.45, 2.75) is 32.4 Å². The molecule has 0 unspecified atom stereocenters. The molecule has 4 aromatic carbocycles. The molecule has 6 aromatic rings. The van der Waals surface area contributed by atoms with Gasteiger partial charge in [0.1, 0.15) is 12.7 Å². The van der Waals surface area contributed by atoms with E-state index in [4.69, 9.17) is 19.5 Å². The number of hydrogen-bond acceptors (Lipinski definition) is 8. The van der Waals surface area contributed by atoms with E-state index in [0.29, 0.717) is 43.7 Å². The molecule has 0 saturated heterocycles. The Labute approximate surface area is 294 Å². The SMILES string of the molecule is O=C(OCCCCCOC(=O)c1ncn2c1CN=C(c1ccccc1)c1ccccc1-2)c1ncn2c1CN=C(c1ccccc1)c1ccccc1-2. The fraction of sp³-hybridized carbons (Fsp3) is 0.171. The second-order valence-electron chi connectivity index (χ2n) is 12.2. The van der Waals surface area contributed by atoms with E-state index < -0.39 is 11.9 Å². The van der Waals surface area contributed by atoms with E-state index in [1.807, 2.05) is 118 Å². The first-order valence-corrected chi connectivity index (χ1v) is 17.0. The summed E-state index contributed by atoms with van der Waals surface area (Å²) in [5, 5.41) is 0. The second-order valence-corrected chi connectivity index (χ2v) is 12.2. The van der Waals surface area contributed by atoms with Crippen molar-refractivity contribution in [3.8, 4) is 11.4 Å². The third kappa shape index (κ3) is 6.27. The normalized spacial score (nSPS) is 12.9. The summed E-state index contributed by atoms with van der Waals surface area (Å²) in [6.45, 7) is 1.04. The average molecular weight is 675 g/mol. The van der Waals surface area contributed by atoms with Crippen molar-refractivity contribution in [2.75, 3.05) is 13.2 Å². The van der Waals surface area contributed by atoms with Gasteiger partial charge in [-0.05, 0) is 31.4 Å². The van der Waals surface area contributed by atoms with E-state index in [1.54, 1.807) is 12.7 Å². The van der Waals surface area contributed by atoms with Gasteiger partial charge in [0.15, 0.2) is 11.4 Å². The number of rotatable bonds is 10. The van der Waals surface area contributed by atoms with Crippen LogP contribution in [0.3, 0.4) is 0 Å². The molecule has 0 saturated carbocycles. The Kier molecular flexibility index (Phi) is 8.86. The molecule has 0 amide bonds. The van der Waals surface area contributed by atoms with Crippen LogP contribution in [-0.4, -0.2) is 55.7 Å². The standard InChI is InChI=1S/C41H34N6O4/c48-40(38-34-24-42-36(28-14-4-1-5-15-28)30-18-8-10-20-32(30)46(34)26-44-38)50-22-12-3-13-23-51-41(49)39-35-25-43-37(29-16-6-2-7-17-29)31-19-9-11-21-33(31)47(35)27-45-39/h1-2,4-11,14-21,26-27H,3,12-13,22-25H2. The van der Waals surface area contributed by atoms with E-state index >= 15 is 0 Å². The summed E-state index contributed by atoms with van der Waals surface area (Å²) in [4.78, 5) is 44.9. The monoisotopic (exact) mass is 674 g/mol. The number of carbonyl (C=O) groups is 2. The van der Waals surface area contributed by atoms with Crippen LogP contribution in [0.1, 0.15) is 73.9 Å². The van der Waals surface area contributed by atoms with Gasteiger partial charge >= 0.3 is 11.9 Å². The van der Waals surface area contributed by atoms with Crippen LogP contribution in [-0.2, 0) is 22.6 Å². The predicted octanol–water partition coefficient (Wildman–Crippen LogP) is 6.94. The van der Waals surface area contributed by atoms with Gasteiger partial charge in [-0.3, -0.25) is 19.1 Å². The fourth-order valence-corrected chi connectivity index (χ4v) is 6.59. The van der Waals surface area contributed by atoms with Crippen molar-refractivity contribution >= 4 is 23.4 Å². The third-order valence-corrected chi connectivity index (χ3v) is 9.08. The maximum atomic E-state index is 13.1. The van der Waals surface area contributed by atoms with Crippen LogP contribution in [0, 0.1) is 0 Å². The van der Waals surface area contributed by atoms with Crippen molar-refractivity contribution in [3.63, 3.8) is 0 Å². The Morgan fingerprint density at radius 3 is 1.39 bits per heavy atom. The number of fused-ring (bicyclic) bond motifs is 6. The van der Waals surface area contributed by atoms with E-state index in [2.05, 4.69) is 9.97 Å². The van der Waals surface area contributed by atoms with Gasteiger partial charge in [0, 0.05) is 22.3 Å². The minimum Gasteiger partial charge on any atom is -0.461 e. The van der Waals surface area contributed by atoms with Gasteiger partial charge < -0.3 is 9.47 Å². The number of hydrogen-bond donors (Lipinski definition) is 0. The molecular weight excluding hydrogens is 640 g/mol. The molecule has 252 valence electrons. The van der Waals surface area contributed by atoms with E-state index in [0.717, 1.165) is 45.1 Å². The van der Waals surface area contributed by atoms with Gasteiger partial charge in [-0.2, -0.15) is 0 Å². The van der Waals surface area contributed by atoms with Crippen LogP contribution in [0.4, 0.5) is 0 Å². The highest BCUT2D eigenvalue weighted by atomic mass is 16.5. The lowest BCUT2D eigenvalue weighted by Gasteiger charge is -2.11. The first-order chi connectivity index (χ1) is 25.2. The number of nitrogens with zero attached hydrogens (tertiary/aromatic N) is 6. The number of aliphatic imine (C=N–C) groups is 2. The van der Waals surface area contributed by atoms with Crippen molar-refractivity contribution < 1.29 is 19.1 Å². The first kappa shape index (κ1) is 31.8. The van der Waals surface area contributed by atoms with Gasteiger partial charge in [-0.1, -0.05) is 97.1 Å². The summed E-state index contributed by atoms with van der Waals surface area (Å²) >= 11 is 0. The summed E-state index contributed by atoms with van der Waals surface area (Å²) in [6, 6.07) is 36.0. The summed E-state index contributed by atoms with van der Waals surface area (Å²) in [6.07, 6.45) is 5.27. The quantitative estimate of drug-likeness (QED) is 0.115. The first-order valence-electron chi connectivity index (χ1n) is 17.0. The highest BCUT2D eigenvalue weighted by Gasteiger charge is 2.26. The molecule has 2 aromatic heterocycles. The van der Waals surface area contributed by atoms with Crippen molar-refractivity contribution in [1.29, 1.82) is 0 Å². The molecule has 2 aliphatic heterocycles. The molecule has 2 aliphatic rings. The van der Waals surface area contributed by atoms with Crippen molar-refractivity contribution in [2.24, 2.45) is 9.98 Å². The molecule has 0 atom stereocenters. The topological polar surface area (TPSA) is 113 Å². The molecule has 0 fully saturated rings. The minimum absolute atomic E-state index is 0.226. The summed E-state index contributed by atoms with van der Waals surface area (Å²) in [5.74, 6) is -0.961. The summed E-state index contributed by atoms with van der Waals surface area (Å²) < 4.78 is 15.1. The zero-order valence-electron chi connectivity index (χ0n) is 27.8. The number of benzene rings is 4. The predicted molar refractivity (Wildman–Crippen MR) is 193 cm³/mol. The highest BCUT2D eigenvalue weighted by molar-refractivity contribution is 6.16. The molecule has 8 rings (SSSR count). The van der Waals surface area contributed by atoms with Crippen LogP contribution in [0.15, 0.2) is 132 Å². The maximum Gasteiger partial charge on any atom is 0.358 e. The zero-order chi connectivity index (χ0) is 34.6. The molecule has 51 heavy (non-hydrogen) atoms. The molecule has 10 heteroatoms. The zero-order valence-corrected chi connectivity index (χ0v) is 27.8. The van der Waals surface area contributed by atoms with Gasteiger partial charge in [0.2, 0.25) is 0 Å². The Morgan fingerprint density at radius 2 is 0.941 bits per heavy atom. The Balaban J connectivity index is 0.854. The van der Waals surface area contributed by atoms with Crippen LogP contribution in [0.5, 0.6) is 0 Å². The molecule has 0 radical (unpaired) electrons. The molecule has 0 bridgehead atoms. The van der Waals surface area contributed by atoms with E-state index in [1.165, 1.54) is 0 Å². The maximum absolute atomic E-state index is 13.1. The number of imidazole rings is 2. The van der Waals surface area contributed by atoms with Crippen LogP contribution in [0.2, 0.25) is 0 Å². The van der Waals surface area contributed by atoms with Gasteiger partial charge in [-0.25, -0.2) is 19.6 Å². The van der Waals surface area contributed by atoms with Crippen molar-refractivity contribution in [1.82, 2.24) is 19.1 Å². The fourth-order valence-electron chi connectivity index (χ4n) is 6.59. The Bertz CT molecular complexity index is 2130. The largest absolute Gasteiger partial charge is 0.461 e. The minimum atomic E-state index is -0.480. The smallest absolute Gasteiger partial charge is 0.358 e. The number of aromatic nitrogens is 4. The number of para-hydroxylation sites is 2.